The summed E-state index contributed by atoms with van der Waals surface area (Å²) in [5, 5.41) is 0. The van der Waals surface area contributed by atoms with Crippen LogP contribution in [-0.4, -0.2) is 0 Å². The third kappa shape index (κ3) is 0.481. The summed E-state index contributed by atoms with van der Waals surface area (Å²) >= 11 is 0. The Kier molecular flexibility index (Phi) is 1.13. The molecule has 0 aromatic rings. The Bertz CT molecular complexity index is 6460. The van der Waals surface area contributed by atoms with Crippen molar-refractivity contribution in [1.29, 1.82) is 0 Å². The van der Waals surface area contributed by atoms with Gasteiger partial charge in [-0.1, -0.05) is 0 Å². The van der Waals surface area contributed by atoms with E-state index in [0.29, 0.717) is 0 Å². The van der Waals surface area contributed by atoms with Gasteiger partial charge in [0.2, 0.25) is 0 Å². The zero-order valence-electron chi connectivity index (χ0n) is 47.1. The van der Waals surface area contributed by atoms with Gasteiger partial charge < -0.3 is 0 Å². The summed E-state index contributed by atoms with van der Waals surface area (Å²) in [7, 11) is 0. The lowest BCUT2D eigenvalue weighted by molar-refractivity contribution is -1.27. The second kappa shape index (κ2) is 3.68. The minimum absolute atomic E-state index is 1.12. The molecule has 0 aliphatic heterocycles. The molecule has 88 heavy (non-hydrogen) atoms. The molecule has 0 N–H and O–H groups in total. The summed E-state index contributed by atoms with van der Waals surface area (Å²) in [5.41, 5.74) is 62.4. The number of rotatable bonds is 0. The summed E-state index contributed by atoms with van der Waals surface area (Å²) in [5.74, 6) is 43.4. The first-order chi connectivity index (χ1) is 43.8. The van der Waals surface area contributed by atoms with Gasteiger partial charge >= 0.3 is 0 Å². The van der Waals surface area contributed by atoms with Crippen LogP contribution in [0.3, 0.4) is 0 Å². The van der Waals surface area contributed by atoms with E-state index < -0.39 is 0 Å². The molecule has 77 unspecified atom stereocenters. The Morgan fingerprint density at radius 1 is 0.102 bits per heavy atom. The summed E-state index contributed by atoms with van der Waals surface area (Å²) < 4.78 is 0. The molecule has 0 heterocycles. The average Bonchev–Trinajstić information content (AvgIpc) is 0.397. The highest BCUT2D eigenvalue weighted by Crippen LogP contribution is 3.90. The standard InChI is InChI=1S/C88H38/c1-5-13-21-22-14-6-2-10-19-27-31-34-32-28-20-12-4-8-16-24-23-15-7-3-11-18-26-30-33-29-25-17-9(1)35(5)39(13)47(21)48(22)40(14)36(6,10)44(19)53(27)57(31)60(34)58(32)54(28)46(20)38(8,12)42(16)50(24)49(23)41(15)37(7,11)45(18)52(26)56(30)59(33)55(29)51(25)43(17,35)61(39)65(47)66(48)62(40,44)70(53)75(57)78(60)76(58)72(54)64(42,46)68(50)67(49)63(41,45)71(52)74(56)77(59)73(55)69(51,61)79(65)80(66,70)84(75)83(73,79)87(77)85(74)81(67,71)82(68,72)86(76,85)88(78,84)87/h5-34H,1-4H2/t5?,6?,7?,8?,9?,10?,11?,12?,13?,14?,15?,16?,17?,18?,19?,20?,21?,22?,23?,24?,25?,26?,27?,28?,29-,30?,31?,32?,33?,34?,35?,36?,37?,38?,39?,40?,41?,42?,43?,44?,45?,46?,47?,48?,49?,50?,51?,52?,53?,54?,55+,56?,57-,58?,59?,60?,61?,62?,63?,64?,65?,66?,67?,68?,69?,70?,71?,72?,73+,74?,75-,76?,77?,78?,79?,80?,81?,82?,83-,84+,85?,86?,87?,88?/m1/s1. The summed E-state index contributed by atoms with van der Waals surface area (Å²) in [6.45, 7) is 0. The van der Waals surface area contributed by atoms with Crippen LogP contribution in [-0.2, 0) is 0 Å². The van der Waals surface area contributed by atoms with Gasteiger partial charge in [0.1, 0.15) is 0 Å². The molecular formula is C88H38. The third-order valence-corrected chi connectivity index (χ3v) is 82.9. The molecule has 0 aromatic heterocycles. The fourth-order valence-electron chi connectivity index (χ4n) is 110. The van der Waals surface area contributed by atoms with E-state index in [0.717, 1.165) is 162 Å². The lowest BCUT2D eigenvalue weighted by Gasteiger charge is -3.81. The monoisotopic (exact) mass is 1090 g/mol. The lowest BCUT2D eigenvalue weighted by Crippen LogP contribution is -3.79. The fourth-order valence-corrected chi connectivity index (χ4v) is 110. The quantitative estimate of drug-likeness (QED) is 0.271. The van der Waals surface area contributed by atoms with Crippen LogP contribution >= 0.6 is 0 Å². The van der Waals surface area contributed by atoms with E-state index in [4.69, 9.17) is 0 Å². The molecule has 84 atom stereocenters. The van der Waals surface area contributed by atoms with Crippen LogP contribution in [0.1, 0.15) is 25.7 Å². The lowest BCUT2D eigenvalue weighted by atomic mass is 8.20. The summed E-state index contributed by atoms with van der Waals surface area (Å²) in [4.78, 5) is 0. The zero-order valence-corrected chi connectivity index (χ0v) is 47.1. The smallest absolute Gasteiger partial charge is 0.0000127 e. The molecular weight excluding hydrogens is 1060 g/mol. The molecule has 0 heteroatoms. The molecule has 0 saturated heterocycles. The van der Waals surface area contributed by atoms with E-state index in [1.807, 2.05) is 25.7 Å². The predicted octanol–water partition coefficient (Wildman–Crippen LogP) is 6.23. The van der Waals surface area contributed by atoms with Crippen molar-refractivity contribution in [3.63, 3.8) is 0 Å². The molecule has 70 fully saturated rings. The van der Waals surface area contributed by atoms with Crippen LogP contribution in [0.25, 0.3) is 0 Å². The van der Waals surface area contributed by atoms with Crippen molar-refractivity contribution in [1.82, 2.24) is 0 Å². The van der Waals surface area contributed by atoms with Gasteiger partial charge in [0, 0.05) is 0 Å². The van der Waals surface area contributed by atoms with Crippen molar-refractivity contribution in [2.45, 2.75) is 25.7 Å². The van der Waals surface area contributed by atoms with Crippen molar-refractivity contribution in [3.05, 3.63) is 65.0 Å². The van der Waals surface area contributed by atoms with Crippen molar-refractivity contribution in [2.24, 2.45) is 405 Å². The van der Waals surface area contributed by atoms with Crippen molar-refractivity contribution in [3.8, 4) is 0 Å². The molecule has 0 bridgehead atoms. The Balaban J connectivity index is 0.657. The van der Waals surface area contributed by atoms with Gasteiger partial charge in [0.15, 0.2) is 0 Å². The second-order valence-electron chi connectivity index (χ2n) is 59.6. The van der Waals surface area contributed by atoms with E-state index in [2.05, 4.69) is 0 Å². The highest BCUT2D eigenvalue weighted by atomic mass is 15.9. The van der Waals surface area contributed by atoms with Crippen LogP contribution in [0.4, 0.5) is 0 Å². The van der Waals surface area contributed by atoms with Gasteiger partial charge in [-0.15, -0.1) is 0 Å². The first kappa shape index (κ1) is 27.0. The fraction of sp³-hybridized carbons (Fsp3) is 1.00. The summed E-state index contributed by atoms with van der Waals surface area (Å²) in [6.07, 6.45) is 7.70. The van der Waals surface area contributed by atoms with Crippen molar-refractivity contribution < 1.29 is 0 Å². The number of hydrogen-bond donors (Lipinski definition) is 0. The Hall–Kier alpha value is 0. The van der Waals surface area contributed by atoms with Gasteiger partial charge in [-0.2, -0.15) is 0 Å². The van der Waals surface area contributed by atoms with Gasteiger partial charge in [-0.25, -0.2) is 0 Å². The maximum Gasteiger partial charge on any atom is -0.0000127 e. The highest BCUT2D eigenvalue weighted by Gasteiger charge is 3.87. The molecule has 390 valence electrons. The number of hydrogen-bond acceptors (Lipinski definition) is 0. The Labute approximate surface area is 492 Å². The minimum Gasteiger partial charge on any atom is -0.0458 e. The molecule has 0 amide bonds. The van der Waals surface area contributed by atoms with Gasteiger partial charge in [0.05, 0.1) is 0 Å². The highest BCUT2D eigenvalue weighted by molar-refractivity contribution is 6.72. The van der Waals surface area contributed by atoms with Crippen LogP contribution in [0.15, 0.2) is 0 Å². The largest absolute Gasteiger partial charge is 0.0458 e. The first-order valence-electron chi connectivity index (χ1n) is 43.8. The van der Waals surface area contributed by atoms with Crippen LogP contribution in [0.2, 0.25) is 0 Å². The summed E-state index contributed by atoms with van der Waals surface area (Å²) in [6, 6.07) is 0. The van der Waals surface area contributed by atoms with Crippen LogP contribution < -0.4 is 0 Å². The van der Waals surface area contributed by atoms with Gasteiger partial charge in [-0.3, -0.25) is 0 Å². The maximum absolute atomic E-state index is 1.93. The molecule has 0 aromatic carbocycles. The van der Waals surface area contributed by atoms with E-state index in [9.17, 15) is 0 Å². The second-order valence-corrected chi connectivity index (χ2v) is 59.6. The van der Waals surface area contributed by atoms with Crippen LogP contribution in [0.5, 0.6) is 0 Å². The van der Waals surface area contributed by atoms with E-state index in [1.165, 1.54) is 307 Å². The van der Waals surface area contributed by atoms with E-state index in [-0.39, 0.29) is 0 Å². The molecule has 70 aliphatic carbocycles. The van der Waals surface area contributed by atoms with Crippen LogP contribution in [0, 0.1) is 470 Å². The Morgan fingerprint density at radius 3 is 0.375 bits per heavy atom. The van der Waals surface area contributed by atoms with E-state index in [1.54, 1.807) is 0 Å². The third-order valence-electron chi connectivity index (χ3n) is 82.9. The Morgan fingerprint density at radius 2 is 0.216 bits per heavy atom. The van der Waals surface area contributed by atoms with Gasteiger partial charge in [0.25, 0.3) is 0 Å². The van der Waals surface area contributed by atoms with Crippen molar-refractivity contribution in [2.75, 3.05) is 0 Å². The van der Waals surface area contributed by atoms with E-state index >= 15 is 0 Å². The molecule has 0 nitrogen and oxygen atoms in total. The maximum atomic E-state index is 1.93. The molecule has 70 aliphatic rings. The number of fused-ring (bicyclic) bond motifs is 26. The van der Waals surface area contributed by atoms with Gasteiger partial charge in [-0.05, 0) is 496 Å². The first-order valence-corrected chi connectivity index (χ1v) is 43.8. The minimum atomic E-state index is 1.12. The molecule has 70 saturated carbocycles. The van der Waals surface area contributed by atoms with Crippen molar-refractivity contribution >= 4 is 0 Å². The predicted molar refractivity (Wildman–Crippen MR) is 264 cm³/mol. The average molecular weight is 1100 g/mol. The molecule has 0 radical (unpaired) electrons. The molecule has 54 spiro atoms. The normalized spacial score (nSPS) is 156. The topological polar surface area (TPSA) is 0 Å². The zero-order chi connectivity index (χ0) is 47.1. The SMILES string of the molecule is C1C2C3C4C5C6C7CC8C9C%10C%11C%12[C@H]%13C%14C%15C%16CC%17C%18C%19C%20C%21C%22CC%23C%24C%25C%26C%27C%28C%29C%30C1C21C32C43C54C65C78C96C%107C%118C9%10C7%11C56C45C34C23C%301C%291C%282C67C13C41C5%11C93C16C14C75C%272[C@]%262C%256C%247C%22%23C%219C%20%11C%19%20C%18%19C%17%16C%15%16C%19%15C%20%17C%11%18C97C67C%186C%179C%15%11C%14%16[C@]%13%14C%128C%108C31[C@@]9([C@@]%118%14)[C@]64[C@]752. The molecule has 70 rings (SSSR count).